The summed E-state index contributed by atoms with van der Waals surface area (Å²) in [6.45, 7) is 1.60. The van der Waals surface area contributed by atoms with E-state index in [0.29, 0.717) is 16.9 Å². The SMILES string of the molecule is COC1(C)CN(C(=O)Nc2ccc(OC(F)(F)F)cc2)N=C(C2=CC(Br)=CCC2=S)O1. The molecule has 166 valence electrons. The van der Waals surface area contributed by atoms with Gasteiger partial charge in [-0.25, -0.2) is 9.80 Å². The van der Waals surface area contributed by atoms with Crippen LogP contribution in [0.25, 0.3) is 0 Å². The van der Waals surface area contributed by atoms with Crippen molar-refractivity contribution in [2.75, 3.05) is 19.0 Å². The lowest BCUT2D eigenvalue weighted by molar-refractivity contribution is -0.274. The monoisotopic (exact) mass is 519 g/mol. The summed E-state index contributed by atoms with van der Waals surface area (Å²) in [6.07, 6.45) is -0.665. The molecule has 1 aromatic rings. The summed E-state index contributed by atoms with van der Waals surface area (Å²) in [4.78, 5) is 13.4. The number of ether oxygens (including phenoxy) is 3. The summed E-state index contributed by atoms with van der Waals surface area (Å²) < 4.78 is 52.7. The zero-order valence-electron chi connectivity index (χ0n) is 16.3. The van der Waals surface area contributed by atoms with Gasteiger partial charge in [0.15, 0.2) is 0 Å². The fourth-order valence-electron chi connectivity index (χ4n) is 2.69. The first-order valence-electron chi connectivity index (χ1n) is 8.86. The Morgan fingerprint density at radius 1 is 1.35 bits per heavy atom. The van der Waals surface area contributed by atoms with Gasteiger partial charge in [0.05, 0.1) is 5.57 Å². The van der Waals surface area contributed by atoms with Gasteiger partial charge in [-0.05, 0) is 30.3 Å². The second kappa shape index (κ2) is 8.97. The van der Waals surface area contributed by atoms with Gasteiger partial charge < -0.3 is 19.5 Å². The molecule has 1 unspecified atom stereocenters. The van der Waals surface area contributed by atoms with Crippen LogP contribution in [0.2, 0.25) is 0 Å². The van der Waals surface area contributed by atoms with Crippen LogP contribution in [0.4, 0.5) is 23.7 Å². The first kappa shape index (κ1) is 23.2. The highest BCUT2D eigenvalue weighted by Gasteiger charge is 2.39. The fourth-order valence-corrected chi connectivity index (χ4v) is 3.31. The second-order valence-corrected chi connectivity index (χ2v) is 8.09. The fraction of sp³-hybridized carbons (Fsp3) is 0.316. The number of carbonyl (C=O) groups excluding carboxylic acids is 1. The molecule has 0 radical (unpaired) electrons. The Balaban J connectivity index is 1.80. The van der Waals surface area contributed by atoms with E-state index < -0.39 is 23.9 Å². The van der Waals surface area contributed by atoms with Crippen LogP contribution in [0.3, 0.4) is 0 Å². The molecular weight excluding hydrogens is 503 g/mol. The number of amides is 2. The molecule has 2 amide bonds. The average molecular weight is 520 g/mol. The van der Waals surface area contributed by atoms with Crippen molar-refractivity contribution < 1.29 is 32.2 Å². The molecule has 1 heterocycles. The summed E-state index contributed by atoms with van der Waals surface area (Å²) in [6, 6.07) is 4.10. The number of anilines is 1. The number of nitrogens with zero attached hydrogens (tertiary/aromatic N) is 2. The zero-order chi connectivity index (χ0) is 22.8. The van der Waals surface area contributed by atoms with E-state index in [9.17, 15) is 18.0 Å². The van der Waals surface area contributed by atoms with E-state index in [1.54, 1.807) is 13.0 Å². The first-order valence-corrected chi connectivity index (χ1v) is 10.1. The lowest BCUT2D eigenvalue weighted by atomic mass is 10.0. The van der Waals surface area contributed by atoms with Gasteiger partial charge in [0, 0.05) is 35.5 Å². The Labute approximate surface area is 189 Å². The molecule has 12 heteroatoms. The smallest absolute Gasteiger partial charge is 0.442 e. The minimum absolute atomic E-state index is 0.0366. The van der Waals surface area contributed by atoms with E-state index >= 15 is 0 Å². The van der Waals surface area contributed by atoms with E-state index in [2.05, 4.69) is 31.1 Å². The van der Waals surface area contributed by atoms with Crippen molar-refractivity contribution in [2.24, 2.45) is 5.10 Å². The number of benzene rings is 1. The molecular formula is C19H17BrF3N3O4S. The van der Waals surface area contributed by atoms with Crippen molar-refractivity contribution in [3.63, 3.8) is 0 Å². The Hall–Kier alpha value is -2.44. The normalized spacial score (nSPS) is 21.5. The van der Waals surface area contributed by atoms with Gasteiger partial charge in [-0.2, -0.15) is 0 Å². The number of thiocarbonyl (C=S) groups is 1. The maximum atomic E-state index is 12.8. The van der Waals surface area contributed by atoms with E-state index in [1.165, 1.54) is 19.2 Å². The molecule has 2 aliphatic rings. The Morgan fingerprint density at radius 3 is 2.65 bits per heavy atom. The van der Waals surface area contributed by atoms with E-state index in [4.69, 9.17) is 21.7 Å². The number of carbonyl (C=O) groups is 1. The quantitative estimate of drug-likeness (QED) is 0.560. The summed E-state index contributed by atoms with van der Waals surface area (Å²) in [5.74, 6) is -1.47. The van der Waals surface area contributed by atoms with Gasteiger partial charge in [-0.1, -0.05) is 34.2 Å². The number of alkyl halides is 3. The number of allylic oxidation sites excluding steroid dienone is 3. The topological polar surface area (TPSA) is 72.4 Å². The second-order valence-electron chi connectivity index (χ2n) is 6.68. The average Bonchev–Trinajstić information content (AvgIpc) is 2.69. The van der Waals surface area contributed by atoms with E-state index in [-0.39, 0.29) is 18.1 Å². The molecule has 0 spiro atoms. The predicted molar refractivity (Wildman–Crippen MR) is 115 cm³/mol. The highest BCUT2D eigenvalue weighted by Crippen LogP contribution is 2.28. The molecule has 3 rings (SSSR count). The highest BCUT2D eigenvalue weighted by molar-refractivity contribution is 9.11. The minimum atomic E-state index is -4.80. The van der Waals surface area contributed by atoms with Crippen molar-refractivity contribution >= 4 is 50.6 Å². The molecule has 7 nitrogen and oxygen atoms in total. The molecule has 1 aromatic carbocycles. The van der Waals surface area contributed by atoms with Crippen LogP contribution < -0.4 is 10.1 Å². The summed E-state index contributed by atoms with van der Waals surface area (Å²) in [7, 11) is 1.43. The molecule has 31 heavy (non-hydrogen) atoms. The largest absolute Gasteiger partial charge is 0.573 e. The summed E-state index contributed by atoms with van der Waals surface area (Å²) in [5.41, 5.74) is 0.791. The maximum absolute atomic E-state index is 12.8. The zero-order valence-corrected chi connectivity index (χ0v) is 18.7. The Kier molecular flexibility index (Phi) is 6.72. The van der Waals surface area contributed by atoms with Crippen LogP contribution in [0.15, 0.2) is 51.6 Å². The molecule has 0 saturated heterocycles. The van der Waals surface area contributed by atoms with Crippen LogP contribution in [0.5, 0.6) is 5.75 Å². The van der Waals surface area contributed by atoms with Gasteiger partial charge in [0.1, 0.15) is 12.3 Å². The van der Waals surface area contributed by atoms with Crippen molar-refractivity contribution in [3.8, 4) is 5.75 Å². The molecule has 1 N–H and O–H groups in total. The number of hydrazone groups is 1. The number of methoxy groups -OCH3 is 1. The molecule has 1 aliphatic carbocycles. The van der Waals surface area contributed by atoms with Crippen LogP contribution in [-0.4, -0.2) is 47.6 Å². The summed E-state index contributed by atoms with van der Waals surface area (Å²) >= 11 is 8.78. The number of hydrogen-bond donors (Lipinski definition) is 1. The van der Waals surface area contributed by atoms with Gasteiger partial charge in [-0.3, -0.25) is 0 Å². The van der Waals surface area contributed by atoms with Crippen molar-refractivity contribution in [1.29, 1.82) is 0 Å². The van der Waals surface area contributed by atoms with Crippen molar-refractivity contribution in [3.05, 3.63) is 46.5 Å². The van der Waals surface area contributed by atoms with Gasteiger partial charge in [-0.15, -0.1) is 18.3 Å². The molecule has 0 bridgehead atoms. The van der Waals surface area contributed by atoms with Crippen LogP contribution >= 0.6 is 28.1 Å². The minimum Gasteiger partial charge on any atom is -0.442 e. The number of urea groups is 1. The first-order chi connectivity index (χ1) is 14.5. The molecule has 1 aliphatic heterocycles. The van der Waals surface area contributed by atoms with Crippen LogP contribution in [0, 0.1) is 0 Å². The van der Waals surface area contributed by atoms with Crippen LogP contribution in [0.1, 0.15) is 13.3 Å². The Bertz CT molecular complexity index is 979. The predicted octanol–water partition coefficient (Wildman–Crippen LogP) is 5.10. The molecule has 0 fully saturated rings. The Morgan fingerprint density at radius 2 is 2.03 bits per heavy atom. The lowest BCUT2D eigenvalue weighted by Gasteiger charge is -2.37. The van der Waals surface area contributed by atoms with Gasteiger partial charge in [0.2, 0.25) is 11.7 Å². The lowest BCUT2D eigenvalue weighted by Crippen LogP contribution is -2.51. The third kappa shape index (κ3) is 6.05. The number of rotatable bonds is 4. The molecule has 0 aromatic heterocycles. The standard InChI is InChI=1S/C19H17BrF3N3O4S/c1-18(28-2)10-26(25-16(30-18)14-9-11(20)3-8-15(14)31)17(27)24-12-4-6-13(7-5-12)29-19(21,22)23/h3-7,9H,8,10H2,1-2H3,(H,24,27). The maximum Gasteiger partial charge on any atom is 0.573 e. The van der Waals surface area contributed by atoms with E-state index in [0.717, 1.165) is 21.6 Å². The summed E-state index contributed by atoms with van der Waals surface area (Å²) in [5, 5.41) is 7.93. The third-order valence-corrected chi connectivity index (χ3v) is 5.20. The van der Waals surface area contributed by atoms with Gasteiger partial charge in [0.25, 0.3) is 0 Å². The van der Waals surface area contributed by atoms with Crippen molar-refractivity contribution in [2.45, 2.75) is 25.5 Å². The number of halogens is 4. The van der Waals surface area contributed by atoms with Crippen molar-refractivity contribution in [1.82, 2.24) is 5.01 Å². The molecule has 1 atom stereocenters. The number of hydrogen-bond acceptors (Lipinski definition) is 6. The van der Waals surface area contributed by atoms with E-state index in [1.807, 2.05) is 6.08 Å². The highest BCUT2D eigenvalue weighted by atomic mass is 79.9. The van der Waals surface area contributed by atoms with Gasteiger partial charge >= 0.3 is 12.4 Å². The molecule has 0 saturated carbocycles. The number of nitrogens with one attached hydrogen (secondary N) is 1. The van der Waals surface area contributed by atoms with Crippen LogP contribution in [-0.2, 0) is 9.47 Å². The third-order valence-electron chi connectivity index (χ3n) is 4.26.